The smallest absolute Gasteiger partial charge is 0.257 e. The Morgan fingerprint density at radius 2 is 2.00 bits per heavy atom. The van der Waals surface area contributed by atoms with E-state index in [0.29, 0.717) is 5.56 Å². The summed E-state index contributed by atoms with van der Waals surface area (Å²) < 4.78 is 5.39. The van der Waals surface area contributed by atoms with E-state index in [9.17, 15) is 4.79 Å². The predicted molar refractivity (Wildman–Crippen MR) is 88.5 cm³/mol. The van der Waals surface area contributed by atoms with Gasteiger partial charge in [0.2, 0.25) is 0 Å². The summed E-state index contributed by atoms with van der Waals surface area (Å²) in [5.41, 5.74) is 0.664. The third-order valence-corrected chi connectivity index (χ3v) is 4.06. The number of furan rings is 1. The van der Waals surface area contributed by atoms with E-state index in [2.05, 4.69) is 9.88 Å². The fraction of sp³-hybridized carbons (Fsp3) is 0.412. The molecule has 2 aromatic heterocycles. The number of hydrogen-bond donors (Lipinski definition) is 0. The normalized spacial score (nSPS) is 15.7. The molecular formula is C17H22N4O2. The van der Waals surface area contributed by atoms with E-state index < -0.39 is 0 Å². The zero-order valence-electron chi connectivity index (χ0n) is 13.6. The van der Waals surface area contributed by atoms with Crippen LogP contribution in [0.5, 0.6) is 0 Å². The lowest BCUT2D eigenvalue weighted by molar-refractivity contribution is 0.0620. The molecule has 2 aromatic rings. The van der Waals surface area contributed by atoms with Crippen LogP contribution in [0.2, 0.25) is 0 Å². The average Bonchev–Trinajstić information content (AvgIpc) is 3.08. The summed E-state index contributed by atoms with van der Waals surface area (Å²) in [7, 11) is 3.81. The molecule has 1 saturated heterocycles. The number of nitrogens with zero attached hydrogens (tertiary/aromatic N) is 4. The van der Waals surface area contributed by atoms with E-state index in [1.165, 1.54) is 0 Å². The first-order valence-electron chi connectivity index (χ1n) is 7.81. The molecule has 0 aromatic carbocycles. The molecule has 1 aliphatic heterocycles. The standard InChI is InChI=1S/C17H22N4O2/c1-19(2)16-15(6-3-7-18-16)17(22)21-10-8-20(9-11-21)13-14-5-4-12-23-14/h3-7,12H,8-11,13H2,1-2H3. The van der Waals surface area contributed by atoms with E-state index >= 15 is 0 Å². The van der Waals surface area contributed by atoms with Crippen molar-refractivity contribution in [1.82, 2.24) is 14.8 Å². The molecule has 0 aliphatic carbocycles. The number of hydrogen-bond acceptors (Lipinski definition) is 5. The van der Waals surface area contributed by atoms with Gasteiger partial charge in [-0.25, -0.2) is 4.98 Å². The number of rotatable bonds is 4. The van der Waals surface area contributed by atoms with Crippen molar-refractivity contribution in [2.24, 2.45) is 0 Å². The topological polar surface area (TPSA) is 52.8 Å². The molecule has 0 radical (unpaired) electrons. The summed E-state index contributed by atoms with van der Waals surface area (Å²) in [4.78, 5) is 23.2. The van der Waals surface area contributed by atoms with Gasteiger partial charge < -0.3 is 14.2 Å². The Hall–Kier alpha value is -2.34. The van der Waals surface area contributed by atoms with Crippen LogP contribution in [-0.2, 0) is 6.54 Å². The van der Waals surface area contributed by atoms with Gasteiger partial charge >= 0.3 is 0 Å². The highest BCUT2D eigenvalue weighted by Crippen LogP contribution is 2.18. The van der Waals surface area contributed by atoms with Gasteiger partial charge in [-0.15, -0.1) is 0 Å². The predicted octanol–water partition coefficient (Wildman–Crippen LogP) is 1.70. The Balaban J connectivity index is 1.62. The molecule has 0 unspecified atom stereocenters. The first kappa shape index (κ1) is 15.6. The number of anilines is 1. The average molecular weight is 314 g/mol. The van der Waals surface area contributed by atoms with Crippen LogP contribution in [0.4, 0.5) is 5.82 Å². The minimum absolute atomic E-state index is 0.0550. The summed E-state index contributed by atoms with van der Waals surface area (Å²) in [5, 5.41) is 0. The maximum Gasteiger partial charge on any atom is 0.257 e. The van der Waals surface area contributed by atoms with Gasteiger partial charge in [-0.05, 0) is 24.3 Å². The van der Waals surface area contributed by atoms with Gasteiger partial charge in [0.15, 0.2) is 0 Å². The number of amides is 1. The van der Waals surface area contributed by atoms with Crippen LogP contribution in [0.15, 0.2) is 41.1 Å². The maximum atomic E-state index is 12.8. The lowest BCUT2D eigenvalue weighted by atomic mass is 10.2. The molecule has 0 saturated carbocycles. The molecule has 6 nitrogen and oxygen atoms in total. The van der Waals surface area contributed by atoms with Crippen LogP contribution in [0, 0.1) is 0 Å². The molecule has 6 heteroatoms. The summed E-state index contributed by atoms with van der Waals surface area (Å²) in [6.07, 6.45) is 3.41. The minimum atomic E-state index is 0.0550. The van der Waals surface area contributed by atoms with Crippen molar-refractivity contribution < 1.29 is 9.21 Å². The molecule has 1 aliphatic rings. The van der Waals surface area contributed by atoms with Crippen LogP contribution in [0.3, 0.4) is 0 Å². The number of carbonyl (C=O) groups is 1. The number of carbonyl (C=O) groups excluding carboxylic acids is 1. The van der Waals surface area contributed by atoms with Crippen molar-refractivity contribution in [3.05, 3.63) is 48.0 Å². The highest BCUT2D eigenvalue weighted by molar-refractivity contribution is 5.98. The molecule has 0 bridgehead atoms. The van der Waals surface area contributed by atoms with E-state index in [0.717, 1.165) is 44.3 Å². The fourth-order valence-corrected chi connectivity index (χ4v) is 2.82. The zero-order chi connectivity index (χ0) is 16.2. The second kappa shape index (κ2) is 6.83. The van der Waals surface area contributed by atoms with Gasteiger partial charge in [-0.3, -0.25) is 9.69 Å². The Labute approximate surface area is 136 Å². The first-order chi connectivity index (χ1) is 11.1. The third-order valence-electron chi connectivity index (χ3n) is 4.06. The summed E-state index contributed by atoms with van der Waals surface area (Å²) in [6, 6.07) is 7.55. The van der Waals surface area contributed by atoms with Crippen molar-refractivity contribution in [3.8, 4) is 0 Å². The monoisotopic (exact) mass is 314 g/mol. The minimum Gasteiger partial charge on any atom is -0.468 e. The summed E-state index contributed by atoms with van der Waals surface area (Å²) >= 11 is 0. The van der Waals surface area contributed by atoms with Gasteiger partial charge in [0, 0.05) is 46.5 Å². The summed E-state index contributed by atoms with van der Waals surface area (Å²) in [6.45, 7) is 3.95. The lowest BCUT2D eigenvalue weighted by Crippen LogP contribution is -2.48. The number of piperazine rings is 1. The van der Waals surface area contributed by atoms with E-state index in [4.69, 9.17) is 4.42 Å². The highest BCUT2D eigenvalue weighted by atomic mass is 16.3. The van der Waals surface area contributed by atoms with E-state index in [1.807, 2.05) is 48.2 Å². The third kappa shape index (κ3) is 3.53. The molecule has 0 atom stereocenters. The first-order valence-corrected chi connectivity index (χ1v) is 7.81. The second-order valence-corrected chi connectivity index (χ2v) is 5.92. The van der Waals surface area contributed by atoms with Crippen LogP contribution in [-0.4, -0.2) is 61.0 Å². The van der Waals surface area contributed by atoms with Crippen LogP contribution < -0.4 is 4.90 Å². The molecule has 122 valence electrons. The zero-order valence-corrected chi connectivity index (χ0v) is 13.6. The SMILES string of the molecule is CN(C)c1ncccc1C(=O)N1CCN(Cc2ccco2)CC1. The van der Waals surface area contributed by atoms with Gasteiger partial charge in [-0.1, -0.05) is 0 Å². The second-order valence-electron chi connectivity index (χ2n) is 5.92. The van der Waals surface area contributed by atoms with Crippen molar-refractivity contribution in [2.75, 3.05) is 45.2 Å². The molecule has 3 heterocycles. The molecular weight excluding hydrogens is 292 g/mol. The molecule has 23 heavy (non-hydrogen) atoms. The fourth-order valence-electron chi connectivity index (χ4n) is 2.82. The lowest BCUT2D eigenvalue weighted by Gasteiger charge is -2.34. The Morgan fingerprint density at radius 1 is 1.22 bits per heavy atom. The molecule has 0 spiro atoms. The van der Waals surface area contributed by atoms with Crippen molar-refractivity contribution in [3.63, 3.8) is 0 Å². The van der Waals surface area contributed by atoms with Crippen molar-refractivity contribution in [1.29, 1.82) is 0 Å². The Bertz CT molecular complexity index is 646. The number of pyridine rings is 1. The van der Waals surface area contributed by atoms with Crippen LogP contribution >= 0.6 is 0 Å². The van der Waals surface area contributed by atoms with Crippen molar-refractivity contribution in [2.45, 2.75) is 6.54 Å². The maximum absolute atomic E-state index is 12.8. The van der Waals surface area contributed by atoms with E-state index in [-0.39, 0.29) is 5.91 Å². The number of aromatic nitrogens is 1. The Morgan fingerprint density at radius 3 is 2.65 bits per heavy atom. The van der Waals surface area contributed by atoms with Crippen LogP contribution in [0.1, 0.15) is 16.1 Å². The van der Waals surface area contributed by atoms with Crippen LogP contribution in [0.25, 0.3) is 0 Å². The van der Waals surface area contributed by atoms with Gasteiger partial charge in [0.1, 0.15) is 11.6 Å². The summed E-state index contributed by atoms with van der Waals surface area (Å²) in [5.74, 6) is 1.74. The molecule has 1 amide bonds. The molecule has 1 fully saturated rings. The molecule has 3 rings (SSSR count). The molecule has 0 N–H and O–H groups in total. The largest absolute Gasteiger partial charge is 0.468 e. The van der Waals surface area contributed by atoms with Crippen molar-refractivity contribution >= 4 is 11.7 Å². The van der Waals surface area contributed by atoms with Gasteiger partial charge in [-0.2, -0.15) is 0 Å². The highest BCUT2D eigenvalue weighted by Gasteiger charge is 2.25. The Kier molecular flexibility index (Phi) is 4.62. The quantitative estimate of drug-likeness (QED) is 0.860. The van der Waals surface area contributed by atoms with E-state index in [1.54, 1.807) is 12.5 Å². The van der Waals surface area contributed by atoms with Gasteiger partial charge in [0.05, 0.1) is 18.4 Å². The van der Waals surface area contributed by atoms with Gasteiger partial charge in [0.25, 0.3) is 5.91 Å².